The van der Waals surface area contributed by atoms with Crippen LogP contribution in [0, 0.1) is 5.92 Å². The number of aromatic nitrogens is 2. The van der Waals surface area contributed by atoms with E-state index in [0.717, 1.165) is 65.5 Å². The topological polar surface area (TPSA) is 71.3 Å². The average Bonchev–Trinajstić information content (AvgIpc) is 3.31. The van der Waals surface area contributed by atoms with Crippen LogP contribution in [-0.2, 0) is 17.1 Å². The molecule has 0 spiro atoms. The van der Waals surface area contributed by atoms with Crippen LogP contribution in [0.1, 0.15) is 30.7 Å². The number of benzene rings is 2. The first-order valence-corrected chi connectivity index (χ1v) is 13.8. The summed E-state index contributed by atoms with van der Waals surface area (Å²) in [4.78, 5) is 19.3. The first-order chi connectivity index (χ1) is 16.6. The molecule has 34 heavy (non-hydrogen) atoms. The normalized spacial score (nSPS) is 14.9. The molecule has 4 rings (SSSR count). The van der Waals surface area contributed by atoms with Crippen LogP contribution in [0.25, 0.3) is 11.4 Å². The predicted octanol–water partition coefficient (Wildman–Crippen LogP) is 5.80. The zero-order valence-corrected chi connectivity index (χ0v) is 22.0. The minimum atomic E-state index is 0.0814. The van der Waals surface area contributed by atoms with Crippen molar-refractivity contribution in [1.82, 2.24) is 20.4 Å². The third-order valence-corrected chi connectivity index (χ3v) is 7.67. The van der Waals surface area contributed by atoms with E-state index in [9.17, 15) is 4.79 Å². The first kappa shape index (κ1) is 25.2. The van der Waals surface area contributed by atoms with Crippen LogP contribution in [0.4, 0.5) is 0 Å². The molecule has 2 heterocycles. The van der Waals surface area contributed by atoms with Crippen LogP contribution < -0.4 is 5.32 Å². The highest BCUT2D eigenvalue weighted by molar-refractivity contribution is 9.10. The number of carbonyl (C=O) groups excluding carboxylic acids is 1. The maximum atomic E-state index is 12.5. The van der Waals surface area contributed by atoms with E-state index in [-0.39, 0.29) is 11.8 Å². The van der Waals surface area contributed by atoms with E-state index >= 15 is 0 Å². The maximum absolute atomic E-state index is 12.5. The van der Waals surface area contributed by atoms with Gasteiger partial charge in [-0.3, -0.25) is 9.69 Å². The Hall–Kier alpha value is -1.87. The Balaban J connectivity index is 1.11. The van der Waals surface area contributed by atoms with Crippen molar-refractivity contribution < 1.29 is 9.32 Å². The van der Waals surface area contributed by atoms with E-state index in [4.69, 9.17) is 16.1 Å². The second kappa shape index (κ2) is 12.7. The highest BCUT2D eigenvalue weighted by Gasteiger charge is 2.25. The third-order valence-electron chi connectivity index (χ3n) is 5.81. The fraction of sp³-hybridized carbons (Fsp3) is 0.400. The van der Waals surface area contributed by atoms with E-state index in [1.807, 2.05) is 48.2 Å². The van der Waals surface area contributed by atoms with Crippen molar-refractivity contribution in [3.05, 3.63) is 69.5 Å². The summed E-state index contributed by atoms with van der Waals surface area (Å²) in [5, 5.41) is 7.99. The van der Waals surface area contributed by atoms with Gasteiger partial charge in [-0.1, -0.05) is 57.0 Å². The first-order valence-electron chi connectivity index (χ1n) is 11.5. The van der Waals surface area contributed by atoms with Crippen molar-refractivity contribution >= 4 is 45.2 Å². The quantitative estimate of drug-likeness (QED) is 0.314. The van der Waals surface area contributed by atoms with Crippen LogP contribution in [0.15, 0.2) is 57.5 Å². The van der Waals surface area contributed by atoms with Crippen molar-refractivity contribution in [2.24, 2.45) is 5.92 Å². The predicted molar refractivity (Wildman–Crippen MR) is 141 cm³/mol. The Morgan fingerprint density at radius 3 is 2.76 bits per heavy atom. The number of nitrogens with one attached hydrogen (secondary N) is 1. The van der Waals surface area contributed by atoms with E-state index in [0.29, 0.717) is 18.3 Å². The molecule has 0 atom stereocenters. The third kappa shape index (κ3) is 7.57. The largest absolute Gasteiger partial charge is 0.356 e. The molecule has 0 aliphatic carbocycles. The van der Waals surface area contributed by atoms with E-state index in [1.165, 1.54) is 5.56 Å². The summed E-state index contributed by atoms with van der Waals surface area (Å²) in [6.45, 7) is 3.04. The van der Waals surface area contributed by atoms with Gasteiger partial charge in [0.25, 0.3) is 0 Å². The lowest BCUT2D eigenvalue weighted by Crippen LogP contribution is -2.40. The Morgan fingerprint density at radius 1 is 1.21 bits per heavy atom. The van der Waals surface area contributed by atoms with Gasteiger partial charge in [0.2, 0.25) is 17.6 Å². The summed E-state index contributed by atoms with van der Waals surface area (Å²) < 4.78 is 6.43. The number of rotatable bonds is 10. The number of halogens is 2. The molecule has 0 radical (unpaired) electrons. The summed E-state index contributed by atoms with van der Waals surface area (Å²) >= 11 is 11.3. The van der Waals surface area contributed by atoms with Gasteiger partial charge in [0.15, 0.2) is 0 Å². The summed E-state index contributed by atoms with van der Waals surface area (Å²) in [7, 11) is 0. The molecule has 0 saturated carbocycles. The van der Waals surface area contributed by atoms with E-state index in [2.05, 4.69) is 48.4 Å². The van der Waals surface area contributed by atoms with Crippen molar-refractivity contribution in [3.8, 4) is 11.4 Å². The van der Waals surface area contributed by atoms with Gasteiger partial charge >= 0.3 is 0 Å². The molecule has 9 heteroatoms. The molecule has 1 aliphatic heterocycles. The number of hydrogen-bond acceptors (Lipinski definition) is 6. The minimum Gasteiger partial charge on any atom is -0.356 e. The highest BCUT2D eigenvalue weighted by atomic mass is 79.9. The van der Waals surface area contributed by atoms with Gasteiger partial charge in [0.1, 0.15) is 0 Å². The summed E-state index contributed by atoms with van der Waals surface area (Å²) in [5.41, 5.74) is 2.19. The summed E-state index contributed by atoms with van der Waals surface area (Å²) in [6, 6.07) is 15.8. The minimum absolute atomic E-state index is 0.0814. The van der Waals surface area contributed by atoms with Crippen molar-refractivity contribution in [2.45, 2.75) is 31.6 Å². The SMILES string of the molecule is O=C(NCCCSCc1ccc(Cl)cc1)C1CCN(Cc2nc(-c3cccc(Br)c3)no2)CC1. The number of likely N-dealkylation sites (tertiary alicyclic amines) is 1. The van der Waals surface area contributed by atoms with Gasteiger partial charge in [-0.05, 0) is 67.9 Å². The van der Waals surface area contributed by atoms with Gasteiger partial charge in [-0.15, -0.1) is 0 Å². The zero-order chi connectivity index (χ0) is 23.8. The lowest BCUT2D eigenvalue weighted by molar-refractivity contribution is -0.126. The molecule has 2 aromatic carbocycles. The fourth-order valence-corrected chi connectivity index (χ4v) is 5.36. The zero-order valence-electron chi connectivity index (χ0n) is 18.9. The molecule has 0 unspecified atom stereocenters. The second-order valence-corrected chi connectivity index (χ2v) is 10.9. The van der Waals surface area contributed by atoms with Gasteiger partial charge in [-0.2, -0.15) is 16.7 Å². The number of thioether (sulfide) groups is 1. The molecule has 6 nitrogen and oxygen atoms in total. The molecule has 1 fully saturated rings. The molecule has 3 aromatic rings. The van der Waals surface area contributed by atoms with Crippen LogP contribution in [-0.4, -0.2) is 46.3 Å². The lowest BCUT2D eigenvalue weighted by atomic mass is 9.96. The number of amides is 1. The van der Waals surface area contributed by atoms with Gasteiger partial charge in [0, 0.05) is 33.3 Å². The number of hydrogen-bond donors (Lipinski definition) is 1. The summed E-state index contributed by atoms with van der Waals surface area (Å²) in [6.07, 6.45) is 2.67. The Labute approximate surface area is 218 Å². The van der Waals surface area contributed by atoms with E-state index in [1.54, 1.807) is 0 Å². The number of piperidine rings is 1. The fourth-order valence-electron chi connectivity index (χ4n) is 3.91. The molecule has 180 valence electrons. The van der Waals surface area contributed by atoms with Crippen molar-refractivity contribution in [2.75, 3.05) is 25.4 Å². The Morgan fingerprint density at radius 2 is 2.00 bits per heavy atom. The van der Waals surface area contributed by atoms with Crippen molar-refractivity contribution in [1.29, 1.82) is 0 Å². The number of nitrogens with zero attached hydrogens (tertiary/aromatic N) is 3. The monoisotopic (exact) mass is 562 g/mol. The van der Waals surface area contributed by atoms with Crippen LogP contribution in [0.5, 0.6) is 0 Å². The Bertz CT molecular complexity index is 1070. The number of carbonyl (C=O) groups is 1. The molecule has 1 amide bonds. The summed E-state index contributed by atoms with van der Waals surface area (Å²) in [5.74, 6) is 3.45. The molecule has 1 N–H and O–H groups in total. The van der Waals surface area contributed by atoms with Crippen LogP contribution in [0.2, 0.25) is 5.02 Å². The van der Waals surface area contributed by atoms with Crippen LogP contribution >= 0.6 is 39.3 Å². The second-order valence-electron chi connectivity index (χ2n) is 8.40. The van der Waals surface area contributed by atoms with Gasteiger partial charge < -0.3 is 9.84 Å². The lowest BCUT2D eigenvalue weighted by Gasteiger charge is -2.30. The molecular weight excluding hydrogens is 536 g/mol. The van der Waals surface area contributed by atoms with Gasteiger partial charge in [0.05, 0.1) is 6.54 Å². The Kier molecular flexibility index (Phi) is 9.44. The highest BCUT2D eigenvalue weighted by Crippen LogP contribution is 2.23. The van der Waals surface area contributed by atoms with Crippen molar-refractivity contribution in [3.63, 3.8) is 0 Å². The average molecular weight is 564 g/mol. The molecule has 0 bridgehead atoms. The van der Waals surface area contributed by atoms with E-state index < -0.39 is 0 Å². The molecule has 1 saturated heterocycles. The molecule has 1 aromatic heterocycles. The van der Waals surface area contributed by atoms with Crippen LogP contribution in [0.3, 0.4) is 0 Å². The van der Waals surface area contributed by atoms with Gasteiger partial charge in [-0.25, -0.2) is 0 Å². The smallest absolute Gasteiger partial charge is 0.241 e. The molecule has 1 aliphatic rings. The molecular formula is C25H28BrClN4O2S. The maximum Gasteiger partial charge on any atom is 0.241 e. The standard InChI is InChI=1S/C25H28BrClN4O2S/c26-21-4-1-3-20(15-21)24-29-23(33-30-24)16-31-12-9-19(10-13-31)25(32)28-11-2-14-34-17-18-5-7-22(27)8-6-18/h1,3-8,15,19H,2,9-14,16-17H2,(H,28,32).